The number of ether oxygens (including phenoxy) is 1. The van der Waals surface area contributed by atoms with Crippen molar-refractivity contribution in [3.63, 3.8) is 0 Å². The molecule has 0 aromatic heterocycles. The smallest absolute Gasteiger partial charge is 0.0575 e. The van der Waals surface area contributed by atoms with Crippen molar-refractivity contribution in [1.82, 2.24) is 5.32 Å². The van der Waals surface area contributed by atoms with E-state index in [1.165, 1.54) is 51.6 Å². The molecule has 2 aliphatic rings. The molecule has 1 aliphatic carbocycles. The Kier molecular flexibility index (Phi) is 4.45. The maximum Gasteiger partial charge on any atom is 0.0575 e. The average Bonchev–Trinajstić information content (AvgIpc) is 2.30. The Hall–Kier alpha value is -0.0800. The van der Waals surface area contributed by atoms with Crippen molar-refractivity contribution in [2.24, 2.45) is 11.8 Å². The van der Waals surface area contributed by atoms with Crippen LogP contribution in [0.4, 0.5) is 0 Å². The third-order valence-corrected chi connectivity index (χ3v) is 3.99. The standard InChI is InChI=1S/C13H25NO/c1-11-2-4-13(5-3-11)15-10-12-6-8-14-9-7-12/h11-14H,2-10H2,1H3. The van der Waals surface area contributed by atoms with Crippen LogP contribution in [-0.4, -0.2) is 25.8 Å². The molecule has 0 bridgehead atoms. The Morgan fingerprint density at radius 3 is 2.33 bits per heavy atom. The van der Waals surface area contributed by atoms with Crippen molar-refractivity contribution in [3.05, 3.63) is 0 Å². The van der Waals surface area contributed by atoms with Gasteiger partial charge in [0.25, 0.3) is 0 Å². The van der Waals surface area contributed by atoms with Gasteiger partial charge in [0.15, 0.2) is 0 Å². The molecule has 2 fully saturated rings. The molecule has 0 aromatic rings. The molecule has 2 rings (SSSR count). The van der Waals surface area contributed by atoms with E-state index in [1.54, 1.807) is 0 Å². The van der Waals surface area contributed by atoms with Gasteiger partial charge in [0.05, 0.1) is 6.10 Å². The largest absolute Gasteiger partial charge is 0.378 e. The monoisotopic (exact) mass is 211 g/mol. The highest BCUT2D eigenvalue weighted by molar-refractivity contribution is 4.72. The summed E-state index contributed by atoms with van der Waals surface area (Å²) in [5.41, 5.74) is 0. The molecule has 0 atom stereocenters. The van der Waals surface area contributed by atoms with Gasteiger partial charge in [-0.25, -0.2) is 0 Å². The van der Waals surface area contributed by atoms with Crippen LogP contribution in [0.3, 0.4) is 0 Å². The van der Waals surface area contributed by atoms with Gasteiger partial charge in [-0.05, 0) is 63.5 Å². The van der Waals surface area contributed by atoms with Crippen molar-refractivity contribution in [2.75, 3.05) is 19.7 Å². The lowest BCUT2D eigenvalue weighted by atomic mass is 9.89. The summed E-state index contributed by atoms with van der Waals surface area (Å²) >= 11 is 0. The lowest BCUT2D eigenvalue weighted by Gasteiger charge is -2.29. The Labute approximate surface area is 93.8 Å². The molecule has 2 nitrogen and oxygen atoms in total. The number of hydrogen-bond donors (Lipinski definition) is 1. The second-order valence-corrected chi connectivity index (χ2v) is 5.41. The maximum absolute atomic E-state index is 6.04. The van der Waals surface area contributed by atoms with Crippen LogP contribution in [0, 0.1) is 11.8 Å². The average molecular weight is 211 g/mol. The second kappa shape index (κ2) is 5.86. The third kappa shape index (κ3) is 3.76. The Balaban J connectivity index is 1.60. The first-order chi connectivity index (χ1) is 7.34. The quantitative estimate of drug-likeness (QED) is 0.774. The first kappa shape index (κ1) is 11.4. The summed E-state index contributed by atoms with van der Waals surface area (Å²) in [6, 6.07) is 0. The summed E-state index contributed by atoms with van der Waals surface area (Å²) in [6.45, 7) is 5.76. The molecule has 1 saturated heterocycles. The van der Waals surface area contributed by atoms with E-state index in [1.807, 2.05) is 0 Å². The maximum atomic E-state index is 6.04. The third-order valence-electron chi connectivity index (χ3n) is 3.99. The summed E-state index contributed by atoms with van der Waals surface area (Å²) in [5.74, 6) is 1.76. The molecule has 88 valence electrons. The molecule has 0 aromatic carbocycles. The molecular weight excluding hydrogens is 186 g/mol. The van der Waals surface area contributed by atoms with Crippen LogP contribution in [0.5, 0.6) is 0 Å². The molecule has 0 spiro atoms. The van der Waals surface area contributed by atoms with E-state index in [0.29, 0.717) is 6.10 Å². The predicted octanol–water partition coefficient (Wildman–Crippen LogP) is 2.58. The van der Waals surface area contributed by atoms with Crippen molar-refractivity contribution >= 4 is 0 Å². The van der Waals surface area contributed by atoms with Crippen LogP contribution in [0.25, 0.3) is 0 Å². The number of nitrogens with one attached hydrogen (secondary N) is 1. The molecule has 1 aliphatic heterocycles. The summed E-state index contributed by atoms with van der Waals surface area (Å²) in [7, 11) is 0. The van der Waals surface area contributed by atoms with E-state index in [0.717, 1.165) is 18.4 Å². The van der Waals surface area contributed by atoms with Crippen molar-refractivity contribution in [3.8, 4) is 0 Å². The Morgan fingerprint density at radius 1 is 1.00 bits per heavy atom. The molecule has 0 radical (unpaired) electrons. The minimum Gasteiger partial charge on any atom is -0.378 e. The van der Waals surface area contributed by atoms with Crippen molar-refractivity contribution < 1.29 is 4.74 Å². The zero-order valence-corrected chi connectivity index (χ0v) is 10.0. The van der Waals surface area contributed by atoms with E-state index in [9.17, 15) is 0 Å². The van der Waals surface area contributed by atoms with Gasteiger partial charge in [0.2, 0.25) is 0 Å². The Morgan fingerprint density at radius 2 is 1.67 bits per heavy atom. The molecule has 1 heterocycles. The fraction of sp³-hybridized carbons (Fsp3) is 1.00. The van der Waals surface area contributed by atoms with Crippen LogP contribution in [-0.2, 0) is 4.74 Å². The molecular formula is C13H25NO. The normalized spacial score (nSPS) is 34.2. The van der Waals surface area contributed by atoms with Gasteiger partial charge < -0.3 is 10.1 Å². The van der Waals surface area contributed by atoms with Crippen LogP contribution in [0.2, 0.25) is 0 Å². The number of rotatable bonds is 3. The van der Waals surface area contributed by atoms with E-state index in [2.05, 4.69) is 12.2 Å². The second-order valence-electron chi connectivity index (χ2n) is 5.41. The SMILES string of the molecule is CC1CCC(OCC2CCNCC2)CC1. The topological polar surface area (TPSA) is 21.3 Å². The zero-order chi connectivity index (χ0) is 10.5. The Bertz CT molecular complexity index is 169. The highest BCUT2D eigenvalue weighted by Crippen LogP contribution is 2.26. The first-order valence-corrected chi connectivity index (χ1v) is 6.67. The van der Waals surface area contributed by atoms with Gasteiger partial charge in [0.1, 0.15) is 0 Å². The van der Waals surface area contributed by atoms with Crippen molar-refractivity contribution in [1.29, 1.82) is 0 Å². The fourth-order valence-electron chi connectivity index (χ4n) is 2.72. The van der Waals surface area contributed by atoms with Gasteiger partial charge in [-0.1, -0.05) is 6.92 Å². The van der Waals surface area contributed by atoms with Gasteiger partial charge in [-0.15, -0.1) is 0 Å². The minimum atomic E-state index is 0.580. The zero-order valence-electron chi connectivity index (χ0n) is 10.0. The first-order valence-electron chi connectivity index (χ1n) is 6.67. The molecule has 1 saturated carbocycles. The van der Waals surface area contributed by atoms with Crippen molar-refractivity contribution in [2.45, 2.75) is 51.6 Å². The van der Waals surface area contributed by atoms with E-state index >= 15 is 0 Å². The van der Waals surface area contributed by atoms with Gasteiger partial charge in [-0.3, -0.25) is 0 Å². The summed E-state index contributed by atoms with van der Waals surface area (Å²) in [4.78, 5) is 0. The van der Waals surface area contributed by atoms with Gasteiger partial charge in [0, 0.05) is 6.61 Å². The highest BCUT2D eigenvalue weighted by atomic mass is 16.5. The summed E-state index contributed by atoms with van der Waals surface area (Å²) in [6.07, 6.45) is 8.54. The van der Waals surface area contributed by atoms with E-state index in [-0.39, 0.29) is 0 Å². The lowest BCUT2D eigenvalue weighted by molar-refractivity contribution is -0.00426. The van der Waals surface area contributed by atoms with Crippen LogP contribution in [0.1, 0.15) is 45.4 Å². The summed E-state index contributed by atoms with van der Waals surface area (Å²) < 4.78 is 6.04. The van der Waals surface area contributed by atoms with E-state index in [4.69, 9.17) is 4.74 Å². The predicted molar refractivity (Wildman–Crippen MR) is 63.0 cm³/mol. The van der Waals surface area contributed by atoms with Crippen LogP contribution in [0.15, 0.2) is 0 Å². The fourth-order valence-corrected chi connectivity index (χ4v) is 2.72. The lowest BCUT2D eigenvalue weighted by Crippen LogP contribution is -2.31. The molecule has 0 unspecified atom stereocenters. The summed E-state index contributed by atoms with van der Waals surface area (Å²) in [5, 5.41) is 3.40. The van der Waals surface area contributed by atoms with E-state index < -0.39 is 0 Å². The van der Waals surface area contributed by atoms with Gasteiger partial charge in [-0.2, -0.15) is 0 Å². The number of hydrogen-bond acceptors (Lipinski definition) is 2. The minimum absolute atomic E-state index is 0.580. The molecule has 0 amide bonds. The molecule has 1 N–H and O–H groups in total. The van der Waals surface area contributed by atoms with Gasteiger partial charge >= 0.3 is 0 Å². The van der Waals surface area contributed by atoms with Crippen LogP contribution < -0.4 is 5.32 Å². The van der Waals surface area contributed by atoms with Crippen LogP contribution >= 0.6 is 0 Å². The highest BCUT2D eigenvalue weighted by Gasteiger charge is 2.20. The number of piperidine rings is 1. The molecule has 15 heavy (non-hydrogen) atoms. The molecule has 2 heteroatoms.